The Kier molecular flexibility index (Phi) is 9.78. The highest BCUT2D eigenvalue weighted by Gasteiger charge is 2.21. The third-order valence-corrected chi connectivity index (χ3v) is 14.7. The molecule has 0 bridgehead atoms. The van der Waals surface area contributed by atoms with E-state index in [1.54, 1.807) is 0 Å². The fraction of sp³-hybridized carbons (Fsp3) is 0. The number of benzene rings is 11. The van der Waals surface area contributed by atoms with Crippen molar-refractivity contribution in [3.8, 4) is 84.4 Å². The van der Waals surface area contributed by atoms with Crippen molar-refractivity contribution in [3.05, 3.63) is 255 Å². The average molecular weight is 959 g/mol. The molecule has 6 nitrogen and oxygen atoms in total. The molecule has 4 aromatic heterocycles. The summed E-state index contributed by atoms with van der Waals surface area (Å²) >= 11 is 0. The Morgan fingerprint density at radius 1 is 0.267 bits per heavy atom. The van der Waals surface area contributed by atoms with Crippen LogP contribution in [0.5, 0.6) is 0 Å². The van der Waals surface area contributed by atoms with Crippen LogP contribution >= 0.6 is 0 Å². The second-order valence-corrected chi connectivity index (χ2v) is 19.1. The number of aromatic nitrogens is 4. The number of hydrogen-bond donors (Lipinski definition) is 0. The largest absolute Gasteiger partial charge is 0.456 e. The Morgan fingerprint density at radius 2 is 0.800 bits per heavy atom. The molecule has 0 saturated carbocycles. The van der Waals surface area contributed by atoms with Gasteiger partial charge in [-0.1, -0.05) is 182 Å². The summed E-state index contributed by atoms with van der Waals surface area (Å²) in [6.45, 7) is 0. The molecule has 4 heterocycles. The number of nitrogens with zero attached hydrogens (tertiary/aromatic N) is 4. The minimum atomic E-state index is 0.548. The molecule has 0 aliphatic carbocycles. The molecule has 0 radical (unpaired) electrons. The summed E-state index contributed by atoms with van der Waals surface area (Å²) < 4.78 is 15.6. The van der Waals surface area contributed by atoms with Crippen LogP contribution in [-0.2, 0) is 0 Å². The summed E-state index contributed by atoms with van der Waals surface area (Å²) in [5.74, 6) is 1.68. The Hall–Kier alpha value is -10.2. The summed E-state index contributed by atoms with van der Waals surface area (Å²) in [5.41, 5.74) is 18.3. The Labute approximate surface area is 431 Å². The number of para-hydroxylation sites is 3. The predicted molar refractivity (Wildman–Crippen MR) is 307 cm³/mol. The van der Waals surface area contributed by atoms with Gasteiger partial charge in [-0.2, -0.15) is 0 Å². The zero-order chi connectivity index (χ0) is 49.4. The first-order valence-electron chi connectivity index (χ1n) is 25.2. The lowest BCUT2D eigenvalue weighted by Crippen LogP contribution is -2.00. The van der Waals surface area contributed by atoms with Crippen molar-refractivity contribution in [3.63, 3.8) is 0 Å². The van der Waals surface area contributed by atoms with Crippen LogP contribution in [-0.4, -0.2) is 19.5 Å². The van der Waals surface area contributed by atoms with Crippen molar-refractivity contribution in [1.82, 2.24) is 19.5 Å². The number of rotatable bonds is 8. The van der Waals surface area contributed by atoms with Gasteiger partial charge in [-0.25, -0.2) is 15.0 Å². The first-order chi connectivity index (χ1) is 37.1. The van der Waals surface area contributed by atoms with Crippen molar-refractivity contribution >= 4 is 65.7 Å². The van der Waals surface area contributed by atoms with Crippen molar-refractivity contribution < 1.29 is 8.83 Å². The Morgan fingerprint density at radius 3 is 1.55 bits per heavy atom. The molecule has 0 fully saturated rings. The van der Waals surface area contributed by atoms with Crippen LogP contribution in [0.4, 0.5) is 0 Å². The SMILES string of the molecule is c1ccc(-c2nc(-c3ccc4c(c3)oc3c(-c5ccccc5)cccc34)nc(-c3cccc4oc5ccc(-c6cccc(-c7cccc(-c8ccc9c(c8)c8ccccc8n9-c8ccccc8)c7)c6)cc5c34)n2)cc1. The van der Waals surface area contributed by atoms with Gasteiger partial charge in [-0.15, -0.1) is 0 Å². The standard InChI is InChI=1S/C69H42N4O2/c1-4-16-43(17-5-1)53-27-14-28-56-55-35-32-51(42-64(55)75-66(53)56)68-70-67(44-18-6-2-7-19-44)71-69(72-68)57-29-15-31-63-65(57)59-41-50(34-37-62(59)74-63)48-23-13-21-46(39-48)45-20-12-22-47(38-45)49-33-36-61-58(40-49)54-26-10-11-30-60(54)73(61)52-24-8-3-9-25-52/h1-42H. The van der Waals surface area contributed by atoms with E-state index in [0.717, 1.165) is 99.6 Å². The van der Waals surface area contributed by atoms with E-state index in [0.29, 0.717) is 17.5 Å². The summed E-state index contributed by atoms with van der Waals surface area (Å²) in [6.07, 6.45) is 0. The molecule has 15 aromatic rings. The summed E-state index contributed by atoms with van der Waals surface area (Å²) in [4.78, 5) is 15.5. The molecule has 0 aliphatic rings. The second kappa shape index (κ2) is 17.3. The van der Waals surface area contributed by atoms with E-state index in [1.807, 2.05) is 54.6 Å². The summed E-state index contributed by atoms with van der Waals surface area (Å²) in [6, 6.07) is 89.4. The van der Waals surface area contributed by atoms with Gasteiger partial charge < -0.3 is 13.4 Å². The van der Waals surface area contributed by atoms with E-state index in [9.17, 15) is 0 Å². The van der Waals surface area contributed by atoms with Crippen molar-refractivity contribution in [2.24, 2.45) is 0 Å². The molecule has 0 spiro atoms. The molecule has 0 atom stereocenters. The molecule has 0 amide bonds. The van der Waals surface area contributed by atoms with Crippen LogP contribution in [0.15, 0.2) is 264 Å². The molecular formula is C69H42N4O2. The van der Waals surface area contributed by atoms with Gasteiger partial charge in [0.25, 0.3) is 0 Å². The third kappa shape index (κ3) is 7.22. The molecule has 75 heavy (non-hydrogen) atoms. The van der Waals surface area contributed by atoms with Gasteiger partial charge in [-0.05, 0) is 112 Å². The van der Waals surface area contributed by atoms with Crippen LogP contribution in [0.2, 0.25) is 0 Å². The summed E-state index contributed by atoms with van der Waals surface area (Å²) in [7, 11) is 0. The molecule has 0 unspecified atom stereocenters. The second-order valence-electron chi connectivity index (χ2n) is 19.1. The fourth-order valence-electron chi connectivity index (χ4n) is 11.1. The number of furan rings is 2. The van der Waals surface area contributed by atoms with Crippen LogP contribution in [0, 0.1) is 0 Å². The van der Waals surface area contributed by atoms with Crippen molar-refractivity contribution in [2.75, 3.05) is 0 Å². The lowest BCUT2D eigenvalue weighted by atomic mass is 9.95. The number of hydrogen-bond acceptors (Lipinski definition) is 5. The maximum absolute atomic E-state index is 6.68. The molecule has 6 heteroatoms. The monoisotopic (exact) mass is 958 g/mol. The summed E-state index contributed by atoms with van der Waals surface area (Å²) in [5, 5.41) is 6.49. The predicted octanol–water partition coefficient (Wildman–Crippen LogP) is 18.4. The first kappa shape index (κ1) is 42.5. The topological polar surface area (TPSA) is 69.9 Å². The van der Waals surface area contributed by atoms with Crippen LogP contribution < -0.4 is 0 Å². The fourth-order valence-corrected chi connectivity index (χ4v) is 11.1. The van der Waals surface area contributed by atoms with Gasteiger partial charge in [0.15, 0.2) is 17.5 Å². The van der Waals surface area contributed by atoms with Gasteiger partial charge >= 0.3 is 0 Å². The maximum atomic E-state index is 6.68. The van der Waals surface area contributed by atoms with E-state index in [-0.39, 0.29) is 0 Å². The molecular weight excluding hydrogens is 917 g/mol. The molecule has 0 saturated heterocycles. The smallest absolute Gasteiger partial charge is 0.164 e. The molecule has 0 N–H and O–H groups in total. The Bertz CT molecular complexity index is 4710. The van der Waals surface area contributed by atoms with E-state index >= 15 is 0 Å². The number of fused-ring (bicyclic) bond motifs is 9. The molecule has 11 aromatic carbocycles. The van der Waals surface area contributed by atoms with E-state index in [4.69, 9.17) is 23.8 Å². The van der Waals surface area contributed by atoms with E-state index in [1.165, 1.54) is 32.9 Å². The minimum absolute atomic E-state index is 0.548. The highest BCUT2D eigenvalue weighted by atomic mass is 16.3. The van der Waals surface area contributed by atoms with Gasteiger partial charge in [0.2, 0.25) is 0 Å². The van der Waals surface area contributed by atoms with E-state index < -0.39 is 0 Å². The molecule has 350 valence electrons. The van der Waals surface area contributed by atoms with Crippen LogP contribution in [0.1, 0.15) is 0 Å². The Balaban J connectivity index is 0.808. The normalized spacial score (nSPS) is 11.7. The molecule has 15 rings (SSSR count). The zero-order valence-corrected chi connectivity index (χ0v) is 40.4. The first-order valence-corrected chi connectivity index (χ1v) is 25.2. The highest BCUT2D eigenvalue weighted by Crippen LogP contribution is 2.42. The molecule has 0 aliphatic heterocycles. The van der Waals surface area contributed by atoms with Crippen molar-refractivity contribution in [1.29, 1.82) is 0 Å². The van der Waals surface area contributed by atoms with E-state index in [2.05, 4.69) is 205 Å². The van der Waals surface area contributed by atoms with Gasteiger partial charge in [0.05, 0.1) is 11.0 Å². The maximum Gasteiger partial charge on any atom is 0.164 e. The highest BCUT2D eigenvalue weighted by molar-refractivity contribution is 6.14. The minimum Gasteiger partial charge on any atom is -0.456 e. The third-order valence-electron chi connectivity index (χ3n) is 14.7. The lowest BCUT2D eigenvalue weighted by molar-refractivity contribution is 0.669. The van der Waals surface area contributed by atoms with Crippen LogP contribution in [0.25, 0.3) is 150 Å². The van der Waals surface area contributed by atoms with Crippen LogP contribution in [0.3, 0.4) is 0 Å². The van der Waals surface area contributed by atoms with Gasteiger partial charge in [0, 0.05) is 60.3 Å². The quantitative estimate of drug-likeness (QED) is 0.152. The average Bonchev–Trinajstić information content (AvgIpc) is 4.20. The lowest BCUT2D eigenvalue weighted by Gasteiger charge is -2.10. The van der Waals surface area contributed by atoms with Crippen molar-refractivity contribution in [2.45, 2.75) is 0 Å². The van der Waals surface area contributed by atoms with Gasteiger partial charge in [0.1, 0.15) is 22.3 Å². The van der Waals surface area contributed by atoms with Gasteiger partial charge in [-0.3, -0.25) is 0 Å². The zero-order valence-electron chi connectivity index (χ0n) is 40.4.